The van der Waals surface area contributed by atoms with E-state index in [1.165, 1.54) is 12.1 Å². The van der Waals surface area contributed by atoms with E-state index in [-0.39, 0.29) is 4.90 Å². The summed E-state index contributed by atoms with van der Waals surface area (Å²) >= 11 is 0. The Balaban J connectivity index is 1.87. The molecule has 3 rings (SSSR count). The van der Waals surface area contributed by atoms with Crippen LogP contribution in [0.1, 0.15) is 29.5 Å². The van der Waals surface area contributed by atoms with Crippen molar-refractivity contribution in [2.75, 3.05) is 7.11 Å². The number of hydrogen-bond donors (Lipinski definition) is 0. The van der Waals surface area contributed by atoms with Crippen molar-refractivity contribution < 1.29 is 17.4 Å². The van der Waals surface area contributed by atoms with Crippen LogP contribution in [-0.2, 0) is 20.8 Å². The molecule has 1 aliphatic rings. The van der Waals surface area contributed by atoms with E-state index in [1.54, 1.807) is 19.2 Å². The lowest BCUT2D eigenvalue weighted by atomic mass is 9.90. The highest BCUT2D eigenvalue weighted by molar-refractivity contribution is 7.86. The van der Waals surface area contributed by atoms with E-state index >= 15 is 0 Å². The van der Waals surface area contributed by atoms with Crippen LogP contribution in [0, 0.1) is 6.92 Å². The molecule has 0 spiro atoms. The van der Waals surface area contributed by atoms with Gasteiger partial charge in [-0.15, -0.1) is 0 Å². The largest absolute Gasteiger partial charge is 0.497 e. The molecule has 0 radical (unpaired) electrons. The van der Waals surface area contributed by atoms with Gasteiger partial charge in [-0.25, -0.2) is 0 Å². The number of methoxy groups -OCH3 is 1. The van der Waals surface area contributed by atoms with Crippen molar-refractivity contribution >= 4 is 15.8 Å². The van der Waals surface area contributed by atoms with Gasteiger partial charge in [-0.3, -0.25) is 4.28 Å². The van der Waals surface area contributed by atoms with Crippen LogP contribution in [0.5, 0.6) is 5.75 Å². The van der Waals surface area contributed by atoms with Crippen LogP contribution in [0.25, 0.3) is 0 Å². The predicted molar refractivity (Wildman–Crippen MR) is 91.9 cm³/mol. The Kier molecular flexibility index (Phi) is 4.57. The molecule has 0 unspecified atom stereocenters. The molecule has 126 valence electrons. The van der Waals surface area contributed by atoms with Crippen molar-refractivity contribution in [1.82, 2.24) is 0 Å². The van der Waals surface area contributed by atoms with Crippen LogP contribution < -0.4 is 4.74 Å². The average molecular weight is 345 g/mol. The standard InChI is InChI=1S/C18H19NO4S/c1-13-6-9-16(10-7-13)24(20,21)23-19-18-5-3-4-14-12-15(22-2)8-11-17(14)18/h6-12H,3-5H2,1-2H3/b19-18-. The Morgan fingerprint density at radius 1 is 1.04 bits per heavy atom. The molecule has 6 heteroatoms. The molecular formula is C18H19NO4S. The van der Waals surface area contributed by atoms with Gasteiger partial charge in [0.05, 0.1) is 12.8 Å². The summed E-state index contributed by atoms with van der Waals surface area (Å²) in [6.45, 7) is 1.89. The van der Waals surface area contributed by atoms with Gasteiger partial charge in [0.25, 0.3) is 0 Å². The summed E-state index contributed by atoms with van der Waals surface area (Å²) in [5, 5.41) is 3.94. The molecule has 0 aliphatic heterocycles. The van der Waals surface area contributed by atoms with Gasteiger partial charge in [-0.1, -0.05) is 22.9 Å². The van der Waals surface area contributed by atoms with Crippen molar-refractivity contribution in [3.8, 4) is 5.75 Å². The van der Waals surface area contributed by atoms with Crippen molar-refractivity contribution in [3.63, 3.8) is 0 Å². The van der Waals surface area contributed by atoms with Crippen molar-refractivity contribution in [2.24, 2.45) is 5.16 Å². The van der Waals surface area contributed by atoms with E-state index in [4.69, 9.17) is 9.02 Å². The van der Waals surface area contributed by atoms with E-state index in [0.29, 0.717) is 12.1 Å². The van der Waals surface area contributed by atoms with Crippen LogP contribution in [-0.4, -0.2) is 21.2 Å². The van der Waals surface area contributed by atoms with Gasteiger partial charge in [0, 0.05) is 5.56 Å². The van der Waals surface area contributed by atoms with Gasteiger partial charge in [0.1, 0.15) is 10.6 Å². The number of aryl methyl sites for hydroxylation is 2. The second kappa shape index (κ2) is 6.65. The predicted octanol–water partition coefficient (Wildman–Crippen LogP) is 3.45. The first-order valence-electron chi connectivity index (χ1n) is 7.74. The molecule has 0 N–H and O–H groups in total. The summed E-state index contributed by atoms with van der Waals surface area (Å²) in [7, 11) is -2.28. The highest BCUT2D eigenvalue weighted by Gasteiger charge is 2.20. The minimum Gasteiger partial charge on any atom is -0.497 e. The number of nitrogens with zero attached hydrogens (tertiary/aromatic N) is 1. The zero-order valence-electron chi connectivity index (χ0n) is 13.7. The summed E-state index contributed by atoms with van der Waals surface area (Å²) < 4.78 is 34.7. The fraction of sp³-hybridized carbons (Fsp3) is 0.278. The Morgan fingerprint density at radius 3 is 2.50 bits per heavy atom. The summed E-state index contributed by atoms with van der Waals surface area (Å²) in [6, 6.07) is 12.2. The molecule has 0 amide bonds. The molecule has 0 fully saturated rings. The van der Waals surface area contributed by atoms with Crippen LogP contribution in [0.3, 0.4) is 0 Å². The minimum absolute atomic E-state index is 0.100. The quantitative estimate of drug-likeness (QED) is 0.796. The molecule has 24 heavy (non-hydrogen) atoms. The van der Waals surface area contributed by atoms with E-state index < -0.39 is 10.1 Å². The van der Waals surface area contributed by atoms with Gasteiger partial charge >= 0.3 is 10.1 Å². The Morgan fingerprint density at radius 2 is 1.79 bits per heavy atom. The third-order valence-electron chi connectivity index (χ3n) is 4.04. The van der Waals surface area contributed by atoms with Crippen molar-refractivity contribution in [1.29, 1.82) is 0 Å². The zero-order chi connectivity index (χ0) is 17.2. The first-order valence-corrected chi connectivity index (χ1v) is 9.15. The number of ether oxygens (including phenoxy) is 1. The number of hydrogen-bond acceptors (Lipinski definition) is 5. The second-order valence-corrected chi connectivity index (χ2v) is 7.29. The van der Waals surface area contributed by atoms with Gasteiger partial charge in [0.2, 0.25) is 0 Å². The summed E-state index contributed by atoms with van der Waals surface area (Å²) in [5.74, 6) is 0.781. The molecule has 0 saturated heterocycles. The SMILES string of the molecule is COc1ccc2c(c1)CCC/C2=N/OS(=O)(=O)c1ccc(C)cc1. The molecule has 2 aromatic carbocycles. The molecule has 0 saturated carbocycles. The number of oxime groups is 1. The van der Waals surface area contributed by atoms with E-state index in [0.717, 1.165) is 35.3 Å². The lowest BCUT2D eigenvalue weighted by molar-refractivity contribution is 0.337. The first-order chi connectivity index (χ1) is 11.5. The fourth-order valence-electron chi connectivity index (χ4n) is 2.70. The summed E-state index contributed by atoms with van der Waals surface area (Å²) in [4.78, 5) is 0.100. The zero-order valence-corrected chi connectivity index (χ0v) is 14.5. The van der Waals surface area contributed by atoms with Gasteiger partial charge < -0.3 is 4.74 Å². The maximum atomic E-state index is 12.2. The van der Waals surface area contributed by atoms with Crippen LogP contribution in [0.15, 0.2) is 52.5 Å². The number of fused-ring (bicyclic) bond motifs is 1. The average Bonchev–Trinajstić information content (AvgIpc) is 2.59. The molecule has 0 aromatic heterocycles. The monoisotopic (exact) mass is 345 g/mol. The molecule has 0 heterocycles. The lowest BCUT2D eigenvalue weighted by Gasteiger charge is -2.18. The molecule has 0 bridgehead atoms. The van der Waals surface area contributed by atoms with Crippen LogP contribution in [0.4, 0.5) is 0 Å². The van der Waals surface area contributed by atoms with E-state index in [9.17, 15) is 8.42 Å². The maximum Gasteiger partial charge on any atom is 0.358 e. The van der Waals surface area contributed by atoms with Crippen LogP contribution >= 0.6 is 0 Å². The number of rotatable bonds is 4. The maximum absolute atomic E-state index is 12.2. The molecule has 2 aromatic rings. The molecule has 1 aliphatic carbocycles. The first kappa shape index (κ1) is 16.5. The van der Waals surface area contributed by atoms with Gasteiger partial charge in [0.15, 0.2) is 0 Å². The topological polar surface area (TPSA) is 65.0 Å². The Bertz CT molecular complexity index is 870. The highest BCUT2D eigenvalue weighted by Crippen LogP contribution is 2.26. The Labute approximate surface area is 142 Å². The second-order valence-electron chi connectivity index (χ2n) is 5.76. The Hall–Kier alpha value is -2.34. The number of benzene rings is 2. The third kappa shape index (κ3) is 3.43. The molecule has 0 atom stereocenters. The van der Waals surface area contributed by atoms with Gasteiger partial charge in [-0.2, -0.15) is 8.42 Å². The molecule has 5 nitrogen and oxygen atoms in total. The lowest BCUT2D eigenvalue weighted by Crippen LogP contribution is -2.14. The molecular weight excluding hydrogens is 326 g/mol. The van der Waals surface area contributed by atoms with Crippen molar-refractivity contribution in [2.45, 2.75) is 31.1 Å². The normalized spacial score (nSPS) is 15.8. The smallest absolute Gasteiger partial charge is 0.358 e. The minimum atomic E-state index is -3.90. The summed E-state index contributed by atoms with van der Waals surface area (Å²) in [6.07, 6.45) is 2.49. The van der Waals surface area contributed by atoms with E-state index in [2.05, 4.69) is 5.16 Å². The highest BCUT2D eigenvalue weighted by atomic mass is 32.2. The van der Waals surface area contributed by atoms with Crippen LogP contribution in [0.2, 0.25) is 0 Å². The van der Waals surface area contributed by atoms with Gasteiger partial charge in [-0.05, 0) is 62.1 Å². The van der Waals surface area contributed by atoms with E-state index in [1.807, 2.05) is 25.1 Å². The summed E-state index contributed by atoms with van der Waals surface area (Å²) in [5.41, 5.74) is 3.64. The fourth-order valence-corrected chi connectivity index (χ4v) is 3.45. The van der Waals surface area contributed by atoms with Crippen molar-refractivity contribution in [3.05, 3.63) is 59.2 Å². The third-order valence-corrected chi connectivity index (χ3v) is 5.16.